The highest BCUT2D eigenvalue weighted by atomic mass is 79.9. The predicted octanol–water partition coefficient (Wildman–Crippen LogP) is 2.78. The van der Waals surface area contributed by atoms with E-state index in [2.05, 4.69) is 12.1 Å². The second-order valence-corrected chi connectivity index (χ2v) is 3.97. The van der Waals surface area contributed by atoms with Crippen LogP contribution in [0, 0.1) is 0 Å². The first kappa shape index (κ1) is 15.4. The van der Waals surface area contributed by atoms with Crippen LogP contribution in [0.5, 0.6) is 0 Å². The van der Waals surface area contributed by atoms with Gasteiger partial charge in [-0.2, -0.15) is 0 Å². The van der Waals surface area contributed by atoms with Crippen LogP contribution < -0.4 is 4.57 Å². The van der Waals surface area contributed by atoms with Gasteiger partial charge in [0.05, 0.1) is 12.2 Å². The fraction of sp³-hybridized carbons (Fsp3) is 0.200. The zero-order valence-corrected chi connectivity index (χ0v) is 12.5. The van der Waals surface area contributed by atoms with Gasteiger partial charge < -0.3 is 4.74 Å². The zero-order valence-electron chi connectivity index (χ0n) is 10.8. The van der Waals surface area contributed by atoms with Gasteiger partial charge in [-0.1, -0.05) is 30.3 Å². The lowest BCUT2D eigenvalue weighted by atomic mass is 10.2. The van der Waals surface area contributed by atoms with Gasteiger partial charge in [0.2, 0.25) is 0 Å². The lowest BCUT2D eigenvalue weighted by molar-refractivity contribution is -0.688. The number of nitrogens with zero attached hydrogens (tertiary/aromatic N) is 1. The summed E-state index contributed by atoms with van der Waals surface area (Å²) in [4.78, 5) is 11.5. The van der Waals surface area contributed by atoms with E-state index in [-0.39, 0.29) is 23.0 Å². The maximum atomic E-state index is 11.5. The highest BCUT2D eigenvalue weighted by molar-refractivity contribution is 8.93. The SMILES string of the molecule is Br.CCOC(=O)c1cc[n+](Cc2ccccc2)cc1. The monoisotopic (exact) mass is 322 g/mol. The van der Waals surface area contributed by atoms with Gasteiger partial charge in [0.15, 0.2) is 18.9 Å². The van der Waals surface area contributed by atoms with Gasteiger partial charge >= 0.3 is 5.97 Å². The molecule has 2 aromatic rings. The van der Waals surface area contributed by atoms with E-state index in [0.717, 1.165) is 6.54 Å². The number of halogens is 1. The predicted molar refractivity (Wildman–Crippen MR) is 78.5 cm³/mol. The number of rotatable bonds is 4. The Balaban J connectivity index is 0.00000180. The molecule has 1 heterocycles. The number of aromatic nitrogens is 1. The average Bonchev–Trinajstić information content (AvgIpc) is 2.41. The van der Waals surface area contributed by atoms with Crippen molar-refractivity contribution in [3.05, 3.63) is 66.0 Å². The van der Waals surface area contributed by atoms with E-state index in [1.54, 1.807) is 19.1 Å². The molecule has 0 aliphatic carbocycles. The second kappa shape index (κ2) is 7.69. The van der Waals surface area contributed by atoms with E-state index in [0.29, 0.717) is 12.2 Å². The molecule has 0 radical (unpaired) electrons. The second-order valence-electron chi connectivity index (χ2n) is 3.97. The normalized spacial score (nSPS) is 9.53. The molecule has 0 saturated heterocycles. The van der Waals surface area contributed by atoms with E-state index in [1.807, 2.05) is 35.2 Å². The smallest absolute Gasteiger partial charge is 0.338 e. The molecule has 2 rings (SSSR count). The fourth-order valence-corrected chi connectivity index (χ4v) is 1.71. The summed E-state index contributed by atoms with van der Waals surface area (Å²) in [6, 6.07) is 13.7. The number of esters is 1. The molecule has 0 bridgehead atoms. The quantitative estimate of drug-likeness (QED) is 0.640. The van der Waals surface area contributed by atoms with Crippen molar-refractivity contribution in [1.29, 1.82) is 0 Å². The first-order valence-electron chi connectivity index (χ1n) is 5.99. The van der Waals surface area contributed by atoms with Crippen molar-refractivity contribution in [1.82, 2.24) is 0 Å². The van der Waals surface area contributed by atoms with Gasteiger partial charge in [-0.05, 0) is 6.92 Å². The zero-order chi connectivity index (χ0) is 12.8. The third kappa shape index (κ3) is 4.48. The van der Waals surface area contributed by atoms with Crippen LogP contribution in [0.4, 0.5) is 0 Å². The molecular formula is C15H17BrNO2+. The molecular weight excluding hydrogens is 306 g/mol. The number of benzene rings is 1. The molecule has 4 heteroatoms. The van der Waals surface area contributed by atoms with Crippen molar-refractivity contribution in [2.24, 2.45) is 0 Å². The van der Waals surface area contributed by atoms with Crippen LogP contribution in [0.25, 0.3) is 0 Å². The topological polar surface area (TPSA) is 30.2 Å². The fourth-order valence-electron chi connectivity index (χ4n) is 1.71. The summed E-state index contributed by atoms with van der Waals surface area (Å²) in [6.45, 7) is 3.00. The van der Waals surface area contributed by atoms with Crippen LogP contribution in [0.3, 0.4) is 0 Å². The minimum atomic E-state index is -0.274. The molecule has 1 aromatic carbocycles. The van der Waals surface area contributed by atoms with Crippen molar-refractivity contribution >= 4 is 23.0 Å². The highest BCUT2D eigenvalue weighted by Crippen LogP contribution is 2.00. The van der Waals surface area contributed by atoms with Crippen LogP contribution in [-0.2, 0) is 11.3 Å². The van der Waals surface area contributed by atoms with Crippen molar-refractivity contribution in [3.63, 3.8) is 0 Å². The summed E-state index contributed by atoms with van der Waals surface area (Å²) in [6.07, 6.45) is 3.78. The third-order valence-electron chi connectivity index (χ3n) is 2.61. The summed E-state index contributed by atoms with van der Waals surface area (Å²) in [5.74, 6) is -0.274. The molecule has 1 aromatic heterocycles. The Hall–Kier alpha value is -1.68. The maximum Gasteiger partial charge on any atom is 0.338 e. The van der Waals surface area contributed by atoms with E-state index < -0.39 is 0 Å². The minimum Gasteiger partial charge on any atom is -0.462 e. The number of hydrogen-bond donors (Lipinski definition) is 0. The van der Waals surface area contributed by atoms with Crippen molar-refractivity contribution in [3.8, 4) is 0 Å². The number of hydrogen-bond acceptors (Lipinski definition) is 2. The van der Waals surface area contributed by atoms with Crippen molar-refractivity contribution < 1.29 is 14.1 Å². The molecule has 0 saturated carbocycles. The number of ether oxygens (including phenoxy) is 1. The third-order valence-corrected chi connectivity index (χ3v) is 2.61. The Labute approximate surface area is 123 Å². The minimum absolute atomic E-state index is 0. The number of carbonyl (C=O) groups is 1. The lowest BCUT2D eigenvalue weighted by Crippen LogP contribution is -2.33. The van der Waals surface area contributed by atoms with Crippen LogP contribution in [0.1, 0.15) is 22.8 Å². The number of carbonyl (C=O) groups excluding carboxylic acids is 1. The Morgan fingerprint density at radius 3 is 2.32 bits per heavy atom. The molecule has 0 N–H and O–H groups in total. The van der Waals surface area contributed by atoms with Crippen molar-refractivity contribution in [2.45, 2.75) is 13.5 Å². The summed E-state index contributed by atoms with van der Waals surface area (Å²) in [5.41, 5.74) is 1.81. The molecule has 0 unspecified atom stereocenters. The van der Waals surface area contributed by atoms with Gasteiger partial charge in [0, 0.05) is 17.7 Å². The summed E-state index contributed by atoms with van der Waals surface area (Å²) in [7, 11) is 0. The lowest BCUT2D eigenvalue weighted by Gasteiger charge is -2.01. The standard InChI is InChI=1S/C15H16NO2.BrH/c1-2-18-15(17)14-8-10-16(11-9-14)12-13-6-4-3-5-7-13;/h3-11H,2,12H2,1H3;1H/q+1;. The Kier molecular flexibility index (Phi) is 6.22. The van der Waals surface area contributed by atoms with E-state index in [9.17, 15) is 4.79 Å². The molecule has 19 heavy (non-hydrogen) atoms. The van der Waals surface area contributed by atoms with Crippen LogP contribution >= 0.6 is 17.0 Å². The van der Waals surface area contributed by atoms with Gasteiger partial charge in [-0.3, -0.25) is 0 Å². The average molecular weight is 323 g/mol. The van der Waals surface area contributed by atoms with Gasteiger partial charge in [0.1, 0.15) is 0 Å². The maximum absolute atomic E-state index is 11.5. The van der Waals surface area contributed by atoms with E-state index in [4.69, 9.17) is 4.74 Å². The number of pyridine rings is 1. The molecule has 0 aliphatic rings. The summed E-state index contributed by atoms with van der Waals surface area (Å²) >= 11 is 0. The highest BCUT2D eigenvalue weighted by Gasteiger charge is 2.08. The molecule has 0 atom stereocenters. The van der Waals surface area contributed by atoms with Gasteiger partial charge in [0.25, 0.3) is 0 Å². The van der Waals surface area contributed by atoms with E-state index >= 15 is 0 Å². The largest absolute Gasteiger partial charge is 0.462 e. The molecule has 3 nitrogen and oxygen atoms in total. The molecule has 0 spiro atoms. The Morgan fingerprint density at radius 1 is 1.11 bits per heavy atom. The van der Waals surface area contributed by atoms with E-state index in [1.165, 1.54) is 5.56 Å². The molecule has 0 fully saturated rings. The first-order valence-corrected chi connectivity index (χ1v) is 5.99. The molecule has 0 aliphatic heterocycles. The van der Waals surface area contributed by atoms with Gasteiger partial charge in [-0.25, -0.2) is 9.36 Å². The summed E-state index contributed by atoms with van der Waals surface area (Å²) < 4.78 is 6.96. The van der Waals surface area contributed by atoms with Gasteiger partial charge in [-0.15, -0.1) is 17.0 Å². The Bertz CT molecular complexity index is 511. The van der Waals surface area contributed by atoms with Crippen LogP contribution in [0.15, 0.2) is 54.9 Å². The van der Waals surface area contributed by atoms with Crippen LogP contribution in [0.2, 0.25) is 0 Å². The summed E-state index contributed by atoms with van der Waals surface area (Å²) in [5, 5.41) is 0. The van der Waals surface area contributed by atoms with Crippen LogP contribution in [-0.4, -0.2) is 12.6 Å². The Morgan fingerprint density at radius 2 is 1.74 bits per heavy atom. The first-order chi connectivity index (χ1) is 8.79. The molecule has 100 valence electrons. The van der Waals surface area contributed by atoms with Crippen molar-refractivity contribution in [2.75, 3.05) is 6.61 Å². The molecule has 0 amide bonds.